The first-order chi connectivity index (χ1) is 9.26. The molecule has 1 unspecified atom stereocenters. The third-order valence-electron chi connectivity index (χ3n) is 4.28. The van der Waals surface area contributed by atoms with Crippen LogP contribution in [0.2, 0.25) is 0 Å². The number of benzene rings is 1. The van der Waals surface area contributed by atoms with E-state index in [1.165, 1.54) is 31.7 Å². The minimum absolute atomic E-state index is 0.159. The van der Waals surface area contributed by atoms with Crippen LogP contribution in [0.15, 0.2) is 24.3 Å². The fourth-order valence-corrected chi connectivity index (χ4v) is 2.80. The van der Waals surface area contributed by atoms with E-state index in [2.05, 4.69) is 4.90 Å². The Hall–Kier alpha value is -0.930. The second-order valence-electron chi connectivity index (χ2n) is 6.15. The maximum atomic E-state index is 13.4. The van der Waals surface area contributed by atoms with Gasteiger partial charge < -0.3 is 5.73 Å². The molecule has 1 aromatic rings. The molecule has 2 aliphatic rings. The summed E-state index contributed by atoms with van der Waals surface area (Å²) in [4.78, 5) is 2.50. The van der Waals surface area contributed by atoms with Gasteiger partial charge in [0.15, 0.2) is 0 Å². The van der Waals surface area contributed by atoms with E-state index in [1.807, 2.05) is 6.07 Å². The smallest absolute Gasteiger partial charge is 0.123 e. The molecule has 0 aliphatic heterocycles. The second kappa shape index (κ2) is 5.59. The van der Waals surface area contributed by atoms with Crippen LogP contribution < -0.4 is 5.73 Å². The van der Waals surface area contributed by atoms with Crippen LogP contribution in [0.1, 0.15) is 37.3 Å². The van der Waals surface area contributed by atoms with E-state index in [4.69, 9.17) is 5.73 Å². The molecule has 0 radical (unpaired) electrons. The highest BCUT2D eigenvalue weighted by Crippen LogP contribution is 2.37. The van der Waals surface area contributed by atoms with Crippen molar-refractivity contribution in [2.75, 3.05) is 19.6 Å². The van der Waals surface area contributed by atoms with Crippen molar-refractivity contribution in [2.24, 2.45) is 17.6 Å². The summed E-state index contributed by atoms with van der Waals surface area (Å²) in [7, 11) is 0. The van der Waals surface area contributed by atoms with Crippen LogP contribution in [-0.4, -0.2) is 24.5 Å². The summed E-state index contributed by atoms with van der Waals surface area (Å²) in [6, 6.07) is 7.12. The lowest BCUT2D eigenvalue weighted by Gasteiger charge is -2.31. The minimum atomic E-state index is -0.159. The quantitative estimate of drug-likeness (QED) is 0.818. The standard InChI is InChI=1S/C16H23FN2/c17-15-3-1-2-14(8-15)16(9-18)19(10-12-4-5-12)11-13-6-7-13/h1-3,8,12-13,16H,4-7,9-11,18H2. The Bertz CT molecular complexity index is 413. The lowest BCUT2D eigenvalue weighted by Crippen LogP contribution is -2.36. The Morgan fingerprint density at radius 1 is 1.16 bits per heavy atom. The van der Waals surface area contributed by atoms with Gasteiger partial charge in [-0.3, -0.25) is 4.90 Å². The van der Waals surface area contributed by atoms with Crippen molar-refractivity contribution < 1.29 is 4.39 Å². The Labute approximate surface area is 114 Å². The van der Waals surface area contributed by atoms with Crippen molar-refractivity contribution in [1.82, 2.24) is 4.90 Å². The van der Waals surface area contributed by atoms with E-state index >= 15 is 0 Å². The zero-order valence-electron chi connectivity index (χ0n) is 11.4. The summed E-state index contributed by atoms with van der Waals surface area (Å²) in [6.45, 7) is 2.84. The van der Waals surface area contributed by atoms with Crippen LogP contribution in [0.25, 0.3) is 0 Å². The molecular weight excluding hydrogens is 239 g/mol. The van der Waals surface area contributed by atoms with Gasteiger partial charge >= 0.3 is 0 Å². The molecular formula is C16H23FN2. The fourth-order valence-electron chi connectivity index (χ4n) is 2.80. The predicted octanol–water partition coefficient (Wildman–Crippen LogP) is 2.95. The van der Waals surface area contributed by atoms with Crippen LogP contribution in [0, 0.1) is 17.7 Å². The predicted molar refractivity (Wildman–Crippen MR) is 75.2 cm³/mol. The summed E-state index contributed by atoms with van der Waals surface area (Å²) in [6.07, 6.45) is 5.40. The molecule has 0 amide bonds. The first kappa shape index (κ1) is 13.1. The highest BCUT2D eigenvalue weighted by molar-refractivity contribution is 5.21. The summed E-state index contributed by atoms with van der Waals surface area (Å²) < 4.78 is 13.4. The van der Waals surface area contributed by atoms with Crippen molar-refractivity contribution in [3.05, 3.63) is 35.6 Å². The maximum absolute atomic E-state index is 13.4. The largest absolute Gasteiger partial charge is 0.329 e. The molecule has 0 bridgehead atoms. The molecule has 2 saturated carbocycles. The zero-order valence-corrected chi connectivity index (χ0v) is 11.4. The normalized spacial score (nSPS) is 20.8. The molecule has 0 heterocycles. The Balaban J connectivity index is 1.75. The van der Waals surface area contributed by atoms with E-state index in [0.29, 0.717) is 6.54 Å². The first-order valence-corrected chi connectivity index (χ1v) is 7.46. The SMILES string of the molecule is NCC(c1cccc(F)c1)N(CC1CC1)CC1CC1. The topological polar surface area (TPSA) is 29.3 Å². The lowest BCUT2D eigenvalue weighted by molar-refractivity contribution is 0.184. The van der Waals surface area contributed by atoms with Gasteiger partial charge in [0.2, 0.25) is 0 Å². The van der Waals surface area contributed by atoms with Crippen molar-refractivity contribution >= 4 is 0 Å². The summed E-state index contributed by atoms with van der Waals surface area (Å²) in [5, 5.41) is 0. The molecule has 3 heteroatoms. The van der Waals surface area contributed by atoms with Crippen LogP contribution in [-0.2, 0) is 0 Å². The van der Waals surface area contributed by atoms with E-state index in [1.54, 1.807) is 12.1 Å². The first-order valence-electron chi connectivity index (χ1n) is 7.46. The van der Waals surface area contributed by atoms with Gasteiger partial charge in [-0.2, -0.15) is 0 Å². The zero-order chi connectivity index (χ0) is 13.2. The number of nitrogens with two attached hydrogens (primary N) is 1. The Morgan fingerprint density at radius 3 is 2.26 bits per heavy atom. The average molecular weight is 262 g/mol. The summed E-state index contributed by atoms with van der Waals surface area (Å²) in [5.74, 6) is 1.54. The molecule has 1 atom stereocenters. The van der Waals surface area contributed by atoms with Crippen LogP contribution >= 0.6 is 0 Å². The van der Waals surface area contributed by atoms with E-state index in [-0.39, 0.29) is 11.9 Å². The van der Waals surface area contributed by atoms with Gasteiger partial charge in [-0.1, -0.05) is 12.1 Å². The number of hydrogen-bond acceptors (Lipinski definition) is 2. The van der Waals surface area contributed by atoms with Gasteiger partial charge in [0, 0.05) is 25.7 Å². The van der Waals surface area contributed by atoms with Crippen molar-refractivity contribution in [2.45, 2.75) is 31.7 Å². The molecule has 0 saturated heterocycles. The molecule has 2 aliphatic carbocycles. The van der Waals surface area contributed by atoms with Crippen LogP contribution in [0.5, 0.6) is 0 Å². The maximum Gasteiger partial charge on any atom is 0.123 e. The molecule has 2 fully saturated rings. The van der Waals surface area contributed by atoms with Gasteiger partial charge in [-0.25, -0.2) is 4.39 Å². The summed E-state index contributed by atoms with van der Waals surface area (Å²) in [5.41, 5.74) is 7.02. The number of nitrogens with zero attached hydrogens (tertiary/aromatic N) is 1. The highest BCUT2D eigenvalue weighted by Gasteiger charge is 2.32. The van der Waals surface area contributed by atoms with Crippen LogP contribution in [0.4, 0.5) is 4.39 Å². The van der Waals surface area contributed by atoms with Crippen molar-refractivity contribution in [1.29, 1.82) is 0 Å². The third-order valence-corrected chi connectivity index (χ3v) is 4.28. The molecule has 19 heavy (non-hydrogen) atoms. The number of halogens is 1. The molecule has 0 aromatic heterocycles. The molecule has 2 N–H and O–H groups in total. The molecule has 3 rings (SSSR count). The Kier molecular flexibility index (Phi) is 3.85. The monoisotopic (exact) mass is 262 g/mol. The van der Waals surface area contributed by atoms with E-state index in [0.717, 1.165) is 30.5 Å². The van der Waals surface area contributed by atoms with Gasteiger partial charge in [-0.05, 0) is 55.2 Å². The van der Waals surface area contributed by atoms with Crippen molar-refractivity contribution in [3.63, 3.8) is 0 Å². The van der Waals surface area contributed by atoms with Gasteiger partial charge in [0.05, 0.1) is 0 Å². The van der Waals surface area contributed by atoms with E-state index < -0.39 is 0 Å². The van der Waals surface area contributed by atoms with E-state index in [9.17, 15) is 4.39 Å². The molecule has 0 spiro atoms. The molecule has 1 aromatic carbocycles. The average Bonchev–Trinajstić information content (AvgIpc) is 3.25. The van der Waals surface area contributed by atoms with Gasteiger partial charge in [0.25, 0.3) is 0 Å². The highest BCUT2D eigenvalue weighted by atomic mass is 19.1. The second-order valence-corrected chi connectivity index (χ2v) is 6.15. The van der Waals surface area contributed by atoms with Gasteiger partial charge in [0.1, 0.15) is 5.82 Å². The fraction of sp³-hybridized carbons (Fsp3) is 0.625. The summed E-state index contributed by atoms with van der Waals surface area (Å²) >= 11 is 0. The third kappa shape index (κ3) is 3.54. The number of rotatable bonds is 7. The lowest BCUT2D eigenvalue weighted by atomic mass is 10.0. The minimum Gasteiger partial charge on any atom is -0.329 e. The number of hydrogen-bond donors (Lipinski definition) is 1. The molecule has 2 nitrogen and oxygen atoms in total. The van der Waals surface area contributed by atoms with Crippen LogP contribution in [0.3, 0.4) is 0 Å². The van der Waals surface area contributed by atoms with Crippen molar-refractivity contribution in [3.8, 4) is 0 Å². The Morgan fingerprint density at radius 2 is 1.79 bits per heavy atom. The van der Waals surface area contributed by atoms with Gasteiger partial charge in [-0.15, -0.1) is 0 Å². The molecule has 104 valence electrons.